The molecule has 1 aliphatic heterocycles. The maximum Gasteiger partial charge on any atom is 0.261 e. The van der Waals surface area contributed by atoms with Gasteiger partial charge in [0.15, 0.2) is 0 Å². The number of anilines is 1. The van der Waals surface area contributed by atoms with Crippen molar-refractivity contribution in [1.82, 2.24) is 10.6 Å². The first-order valence-electron chi connectivity index (χ1n) is 7.27. The monoisotopic (exact) mass is 393 g/mol. The van der Waals surface area contributed by atoms with Crippen molar-refractivity contribution in [2.24, 2.45) is 0 Å². The average molecular weight is 394 g/mol. The second-order valence-corrected chi connectivity index (χ2v) is 7.46. The van der Waals surface area contributed by atoms with Crippen LogP contribution in [0.15, 0.2) is 41.3 Å². The molecule has 2 aromatic rings. The number of hydrogen-bond acceptors (Lipinski definition) is 5. The molecule has 0 aliphatic carbocycles. The Kier molecular flexibility index (Phi) is 4.43. The standard InChI is InChI=1S/C16H12ClN3O5S/c1-18-14(21)12-6-8(2-5-13(12)17)20-26(24,25)9-3-4-10-11(7-9)16(23)19-15(10)22/h2-7,20H,1H3,(H,18,21)(H,19,22,23). The summed E-state index contributed by atoms with van der Waals surface area (Å²) in [7, 11) is -2.63. The van der Waals surface area contributed by atoms with E-state index in [0.29, 0.717) is 0 Å². The number of carbonyl (C=O) groups is 3. The fourth-order valence-corrected chi connectivity index (χ4v) is 3.70. The summed E-state index contributed by atoms with van der Waals surface area (Å²) >= 11 is 5.94. The Morgan fingerprint density at radius 3 is 2.42 bits per heavy atom. The maximum absolute atomic E-state index is 12.6. The van der Waals surface area contributed by atoms with Crippen molar-refractivity contribution >= 4 is 45.0 Å². The lowest BCUT2D eigenvalue weighted by Crippen LogP contribution is -2.20. The van der Waals surface area contributed by atoms with E-state index in [1.807, 2.05) is 0 Å². The van der Waals surface area contributed by atoms with Gasteiger partial charge in [-0.25, -0.2) is 8.42 Å². The lowest BCUT2D eigenvalue weighted by Gasteiger charge is -2.11. The molecule has 3 amide bonds. The van der Waals surface area contributed by atoms with E-state index < -0.39 is 27.7 Å². The number of imide groups is 1. The van der Waals surface area contributed by atoms with Crippen LogP contribution >= 0.6 is 11.6 Å². The summed E-state index contributed by atoms with van der Waals surface area (Å²) in [5, 5.41) is 4.66. The summed E-state index contributed by atoms with van der Waals surface area (Å²) in [4.78, 5) is 34.8. The highest BCUT2D eigenvalue weighted by atomic mass is 35.5. The van der Waals surface area contributed by atoms with Gasteiger partial charge in [-0.15, -0.1) is 0 Å². The Morgan fingerprint density at radius 2 is 1.73 bits per heavy atom. The first-order valence-corrected chi connectivity index (χ1v) is 9.13. The smallest absolute Gasteiger partial charge is 0.261 e. The molecule has 0 radical (unpaired) electrons. The van der Waals surface area contributed by atoms with E-state index in [1.165, 1.54) is 37.4 Å². The van der Waals surface area contributed by atoms with Gasteiger partial charge < -0.3 is 5.32 Å². The molecule has 0 aromatic heterocycles. The van der Waals surface area contributed by atoms with Gasteiger partial charge in [0.05, 0.1) is 26.6 Å². The van der Waals surface area contributed by atoms with Crippen LogP contribution < -0.4 is 15.4 Å². The molecule has 0 fully saturated rings. The van der Waals surface area contributed by atoms with E-state index in [9.17, 15) is 22.8 Å². The molecule has 0 saturated heterocycles. The summed E-state index contributed by atoms with van der Waals surface area (Å²) in [6.07, 6.45) is 0. The van der Waals surface area contributed by atoms with Crippen molar-refractivity contribution in [2.45, 2.75) is 4.90 Å². The van der Waals surface area contributed by atoms with Gasteiger partial charge in [-0.1, -0.05) is 11.6 Å². The summed E-state index contributed by atoms with van der Waals surface area (Å²) in [6.45, 7) is 0. The molecule has 0 bridgehead atoms. The number of hydrogen-bond donors (Lipinski definition) is 3. The quantitative estimate of drug-likeness (QED) is 0.677. The van der Waals surface area contributed by atoms with Crippen molar-refractivity contribution in [1.29, 1.82) is 0 Å². The third-order valence-corrected chi connectivity index (χ3v) is 5.42. The Balaban J connectivity index is 1.96. The van der Waals surface area contributed by atoms with E-state index in [-0.39, 0.29) is 32.3 Å². The van der Waals surface area contributed by atoms with Gasteiger partial charge in [0.1, 0.15) is 0 Å². The maximum atomic E-state index is 12.6. The molecule has 3 rings (SSSR count). The zero-order valence-corrected chi connectivity index (χ0v) is 14.9. The van der Waals surface area contributed by atoms with Crippen LogP contribution in [-0.4, -0.2) is 33.2 Å². The highest BCUT2D eigenvalue weighted by molar-refractivity contribution is 7.92. The predicted octanol–water partition coefficient (Wildman–Crippen LogP) is 1.38. The van der Waals surface area contributed by atoms with E-state index in [1.54, 1.807) is 0 Å². The lowest BCUT2D eigenvalue weighted by molar-refractivity contribution is 0.0878. The zero-order valence-electron chi connectivity index (χ0n) is 13.3. The molecule has 1 aliphatic rings. The summed E-state index contributed by atoms with van der Waals surface area (Å²) in [6, 6.07) is 7.68. The van der Waals surface area contributed by atoms with Crippen LogP contribution in [-0.2, 0) is 10.0 Å². The third kappa shape index (κ3) is 3.14. The number of benzene rings is 2. The van der Waals surface area contributed by atoms with E-state index >= 15 is 0 Å². The van der Waals surface area contributed by atoms with Gasteiger partial charge in [-0.05, 0) is 36.4 Å². The predicted molar refractivity (Wildman–Crippen MR) is 93.9 cm³/mol. The number of carbonyl (C=O) groups excluding carboxylic acids is 3. The zero-order chi connectivity index (χ0) is 19.1. The van der Waals surface area contributed by atoms with E-state index in [0.717, 1.165) is 6.07 Å². The molecule has 26 heavy (non-hydrogen) atoms. The van der Waals surface area contributed by atoms with Crippen LogP contribution in [0.3, 0.4) is 0 Å². The van der Waals surface area contributed by atoms with Crippen molar-refractivity contribution in [2.75, 3.05) is 11.8 Å². The van der Waals surface area contributed by atoms with Crippen molar-refractivity contribution in [3.05, 3.63) is 58.1 Å². The van der Waals surface area contributed by atoms with Gasteiger partial charge >= 0.3 is 0 Å². The van der Waals surface area contributed by atoms with Crippen LogP contribution in [0.4, 0.5) is 5.69 Å². The lowest BCUT2D eigenvalue weighted by atomic mass is 10.1. The van der Waals surface area contributed by atoms with Crippen LogP contribution in [0.2, 0.25) is 5.02 Å². The molecule has 3 N–H and O–H groups in total. The second-order valence-electron chi connectivity index (χ2n) is 5.37. The number of rotatable bonds is 4. The fourth-order valence-electron chi connectivity index (χ4n) is 2.43. The van der Waals surface area contributed by atoms with E-state index in [2.05, 4.69) is 15.4 Å². The minimum atomic E-state index is -4.05. The van der Waals surface area contributed by atoms with Gasteiger partial charge in [0.25, 0.3) is 27.7 Å². The summed E-state index contributed by atoms with van der Waals surface area (Å²) in [5.74, 6) is -1.70. The molecule has 134 valence electrons. The fraction of sp³-hybridized carbons (Fsp3) is 0.0625. The van der Waals surface area contributed by atoms with Crippen LogP contribution in [0, 0.1) is 0 Å². The molecule has 8 nitrogen and oxygen atoms in total. The number of amides is 3. The molecular formula is C16H12ClN3O5S. The Hall–Kier alpha value is -2.91. The highest BCUT2D eigenvalue weighted by Gasteiger charge is 2.28. The Labute approximate surface area is 153 Å². The molecule has 1 heterocycles. The topological polar surface area (TPSA) is 121 Å². The summed E-state index contributed by atoms with van der Waals surface area (Å²) < 4.78 is 27.4. The van der Waals surface area contributed by atoms with Gasteiger partial charge in [0.2, 0.25) is 0 Å². The molecule has 0 saturated carbocycles. The Bertz CT molecular complexity index is 1070. The van der Waals surface area contributed by atoms with E-state index in [4.69, 9.17) is 11.6 Å². The normalized spacial score (nSPS) is 13.2. The highest BCUT2D eigenvalue weighted by Crippen LogP contribution is 2.25. The number of sulfonamides is 1. The van der Waals surface area contributed by atoms with Gasteiger partial charge in [-0.2, -0.15) is 0 Å². The number of fused-ring (bicyclic) bond motifs is 1. The minimum Gasteiger partial charge on any atom is -0.355 e. The second kappa shape index (κ2) is 6.43. The van der Waals surface area contributed by atoms with Gasteiger partial charge in [-0.3, -0.25) is 24.4 Å². The molecule has 0 unspecified atom stereocenters. The number of halogens is 1. The van der Waals surface area contributed by atoms with Crippen LogP contribution in [0.1, 0.15) is 31.1 Å². The minimum absolute atomic E-state index is 0.0139. The Morgan fingerprint density at radius 1 is 1.04 bits per heavy atom. The molecule has 10 heteroatoms. The van der Waals surface area contributed by atoms with Crippen LogP contribution in [0.25, 0.3) is 0 Å². The molecular weight excluding hydrogens is 382 g/mol. The SMILES string of the molecule is CNC(=O)c1cc(NS(=O)(=O)c2ccc3c(c2)C(=O)NC3=O)ccc1Cl. The first kappa shape index (κ1) is 17.9. The van der Waals surface area contributed by atoms with Crippen molar-refractivity contribution in [3.63, 3.8) is 0 Å². The third-order valence-electron chi connectivity index (χ3n) is 3.71. The van der Waals surface area contributed by atoms with Crippen LogP contribution in [0.5, 0.6) is 0 Å². The average Bonchev–Trinajstić information content (AvgIpc) is 2.89. The molecule has 0 spiro atoms. The van der Waals surface area contributed by atoms with Crippen molar-refractivity contribution < 1.29 is 22.8 Å². The number of nitrogens with one attached hydrogen (secondary N) is 3. The largest absolute Gasteiger partial charge is 0.355 e. The van der Waals surface area contributed by atoms with Crippen molar-refractivity contribution in [3.8, 4) is 0 Å². The molecule has 2 aromatic carbocycles. The van der Waals surface area contributed by atoms with Gasteiger partial charge in [0, 0.05) is 12.7 Å². The summed E-state index contributed by atoms with van der Waals surface area (Å²) in [5.41, 5.74) is 0.324. The molecule has 0 atom stereocenters. The first-order chi connectivity index (χ1) is 12.2.